The number of hydrogen-bond acceptors (Lipinski definition) is 2. The van der Waals surface area contributed by atoms with Crippen LogP contribution in [0, 0.1) is 0 Å². The molecule has 2 rings (SSSR count). The molecule has 1 aliphatic rings. The lowest BCUT2D eigenvalue weighted by Gasteiger charge is -2.20. The Kier molecular flexibility index (Phi) is 3.32. The predicted octanol–water partition coefficient (Wildman–Crippen LogP) is 3.70. The third kappa shape index (κ3) is 2.76. The van der Waals surface area contributed by atoms with Crippen molar-refractivity contribution in [2.45, 2.75) is 38.5 Å². The third-order valence-electron chi connectivity index (χ3n) is 3.31. The minimum atomic E-state index is 0.0201. The number of aliphatic hydroxyl groups is 1. The summed E-state index contributed by atoms with van der Waals surface area (Å²) in [6.45, 7) is 4.32. The first kappa shape index (κ1) is 11.9. The van der Waals surface area contributed by atoms with Crippen LogP contribution in [-0.4, -0.2) is 10.9 Å². The number of ketones is 1. The zero-order valence-electron chi connectivity index (χ0n) is 10.3. The van der Waals surface area contributed by atoms with E-state index in [2.05, 4.69) is 38.1 Å². The molecule has 0 aromatic heterocycles. The van der Waals surface area contributed by atoms with Crippen molar-refractivity contribution in [1.82, 2.24) is 0 Å². The van der Waals surface area contributed by atoms with Crippen molar-refractivity contribution < 1.29 is 9.90 Å². The number of benzene rings is 1. The molecule has 90 valence electrons. The predicted molar refractivity (Wildman–Crippen MR) is 68.2 cm³/mol. The smallest absolute Gasteiger partial charge is 0.159 e. The van der Waals surface area contributed by atoms with Crippen LogP contribution in [0.1, 0.15) is 49.7 Å². The summed E-state index contributed by atoms with van der Waals surface area (Å²) in [5, 5.41) is 9.49. The molecular formula is C15H18O2. The summed E-state index contributed by atoms with van der Waals surface area (Å²) >= 11 is 0. The number of carbonyl (C=O) groups is 1. The Balaban J connectivity index is 2.18. The molecule has 1 aliphatic carbocycles. The molecule has 0 saturated heterocycles. The van der Waals surface area contributed by atoms with E-state index in [1.54, 1.807) is 0 Å². The SMILES string of the molecule is CC(C)c1ccc([C@H]2CC(=O)C=C(O)C2)cc1. The van der Waals surface area contributed by atoms with Gasteiger partial charge in [0.15, 0.2) is 5.78 Å². The van der Waals surface area contributed by atoms with Crippen LogP contribution in [0.25, 0.3) is 0 Å². The Morgan fingerprint density at radius 3 is 2.35 bits per heavy atom. The molecule has 17 heavy (non-hydrogen) atoms. The van der Waals surface area contributed by atoms with Gasteiger partial charge < -0.3 is 5.11 Å². The summed E-state index contributed by atoms with van der Waals surface area (Å²) in [6, 6.07) is 8.37. The van der Waals surface area contributed by atoms with Gasteiger partial charge in [-0.25, -0.2) is 0 Å². The van der Waals surface area contributed by atoms with Gasteiger partial charge in [0.05, 0.1) is 5.76 Å². The molecule has 2 nitrogen and oxygen atoms in total. The average molecular weight is 230 g/mol. The highest BCUT2D eigenvalue weighted by Crippen LogP contribution is 2.31. The van der Waals surface area contributed by atoms with Gasteiger partial charge in [0.25, 0.3) is 0 Å². The molecule has 0 aliphatic heterocycles. The van der Waals surface area contributed by atoms with Crippen molar-refractivity contribution in [3.05, 3.63) is 47.2 Å². The molecule has 0 radical (unpaired) electrons. The highest BCUT2D eigenvalue weighted by molar-refractivity contribution is 5.91. The Hall–Kier alpha value is -1.57. The summed E-state index contributed by atoms with van der Waals surface area (Å²) in [4.78, 5) is 11.4. The molecule has 0 fully saturated rings. The van der Waals surface area contributed by atoms with E-state index < -0.39 is 0 Å². The monoisotopic (exact) mass is 230 g/mol. The van der Waals surface area contributed by atoms with Crippen molar-refractivity contribution >= 4 is 5.78 Å². The fourth-order valence-electron chi connectivity index (χ4n) is 2.26. The van der Waals surface area contributed by atoms with Crippen LogP contribution in [0.3, 0.4) is 0 Å². The molecular weight excluding hydrogens is 212 g/mol. The normalized spacial score (nSPS) is 20.5. The summed E-state index contributed by atoms with van der Waals surface area (Å²) in [5.74, 6) is 0.880. The molecule has 0 bridgehead atoms. The maximum absolute atomic E-state index is 11.4. The summed E-state index contributed by atoms with van der Waals surface area (Å²) in [6.07, 6.45) is 2.43. The lowest BCUT2D eigenvalue weighted by atomic mass is 9.85. The Labute approximate surface area is 102 Å². The highest BCUT2D eigenvalue weighted by Gasteiger charge is 2.21. The van der Waals surface area contributed by atoms with E-state index >= 15 is 0 Å². The Bertz CT molecular complexity index is 440. The van der Waals surface area contributed by atoms with E-state index in [4.69, 9.17) is 0 Å². The van der Waals surface area contributed by atoms with E-state index in [1.165, 1.54) is 11.6 Å². The largest absolute Gasteiger partial charge is 0.512 e. The second-order valence-electron chi connectivity index (χ2n) is 5.03. The summed E-state index contributed by atoms with van der Waals surface area (Å²) in [5.41, 5.74) is 2.44. The van der Waals surface area contributed by atoms with Gasteiger partial charge in [-0.2, -0.15) is 0 Å². The van der Waals surface area contributed by atoms with E-state index in [0.29, 0.717) is 18.8 Å². The first-order valence-corrected chi connectivity index (χ1v) is 6.08. The molecule has 0 heterocycles. The van der Waals surface area contributed by atoms with Crippen LogP contribution in [0.2, 0.25) is 0 Å². The van der Waals surface area contributed by atoms with Crippen LogP contribution in [0.5, 0.6) is 0 Å². The molecule has 0 amide bonds. The molecule has 1 atom stereocenters. The third-order valence-corrected chi connectivity index (χ3v) is 3.31. The molecule has 1 aromatic carbocycles. The number of carbonyl (C=O) groups excluding carboxylic acids is 1. The van der Waals surface area contributed by atoms with Gasteiger partial charge >= 0.3 is 0 Å². The molecule has 1 N–H and O–H groups in total. The van der Waals surface area contributed by atoms with Crippen molar-refractivity contribution in [2.75, 3.05) is 0 Å². The standard InChI is InChI=1S/C15H18O2/c1-10(2)11-3-5-12(6-4-11)13-7-14(16)9-15(17)8-13/h3-6,9-10,13,16H,7-8H2,1-2H3/t13-/m1/s1. The van der Waals surface area contributed by atoms with E-state index in [-0.39, 0.29) is 17.5 Å². The topological polar surface area (TPSA) is 37.3 Å². The highest BCUT2D eigenvalue weighted by atomic mass is 16.3. The minimum Gasteiger partial charge on any atom is -0.512 e. The fourth-order valence-corrected chi connectivity index (χ4v) is 2.26. The summed E-state index contributed by atoms with van der Waals surface area (Å²) in [7, 11) is 0. The van der Waals surface area contributed by atoms with Crippen molar-refractivity contribution in [3.63, 3.8) is 0 Å². The molecule has 0 spiro atoms. The first-order chi connectivity index (χ1) is 8.06. The molecule has 0 saturated carbocycles. The number of aliphatic hydroxyl groups excluding tert-OH is 1. The molecule has 0 unspecified atom stereocenters. The van der Waals surface area contributed by atoms with Crippen LogP contribution >= 0.6 is 0 Å². The van der Waals surface area contributed by atoms with Crippen LogP contribution in [-0.2, 0) is 4.79 Å². The number of hydrogen-bond donors (Lipinski definition) is 1. The quantitative estimate of drug-likeness (QED) is 0.841. The van der Waals surface area contributed by atoms with Gasteiger partial charge in [0, 0.05) is 18.9 Å². The van der Waals surface area contributed by atoms with Gasteiger partial charge in [-0.1, -0.05) is 38.1 Å². The zero-order chi connectivity index (χ0) is 12.4. The lowest BCUT2D eigenvalue weighted by molar-refractivity contribution is -0.115. The van der Waals surface area contributed by atoms with Gasteiger partial charge in [-0.3, -0.25) is 4.79 Å². The second kappa shape index (κ2) is 4.74. The van der Waals surface area contributed by atoms with Gasteiger partial charge in [0.1, 0.15) is 0 Å². The van der Waals surface area contributed by atoms with Crippen LogP contribution in [0.4, 0.5) is 0 Å². The first-order valence-electron chi connectivity index (χ1n) is 6.08. The second-order valence-corrected chi connectivity index (χ2v) is 5.03. The van der Waals surface area contributed by atoms with E-state index in [1.807, 2.05) is 0 Å². The van der Waals surface area contributed by atoms with Crippen molar-refractivity contribution in [2.24, 2.45) is 0 Å². The maximum Gasteiger partial charge on any atom is 0.159 e. The number of allylic oxidation sites excluding steroid dienone is 2. The van der Waals surface area contributed by atoms with E-state index in [9.17, 15) is 9.90 Å². The average Bonchev–Trinajstić information content (AvgIpc) is 2.28. The van der Waals surface area contributed by atoms with Crippen molar-refractivity contribution in [3.8, 4) is 0 Å². The summed E-state index contributed by atoms with van der Waals surface area (Å²) < 4.78 is 0. The van der Waals surface area contributed by atoms with E-state index in [0.717, 1.165) is 5.56 Å². The van der Waals surface area contributed by atoms with Crippen LogP contribution in [0.15, 0.2) is 36.1 Å². The fraction of sp³-hybridized carbons (Fsp3) is 0.400. The molecule has 1 aromatic rings. The number of rotatable bonds is 2. The lowest BCUT2D eigenvalue weighted by Crippen LogP contribution is -2.12. The van der Waals surface area contributed by atoms with Crippen molar-refractivity contribution in [1.29, 1.82) is 0 Å². The molecule has 2 heteroatoms. The van der Waals surface area contributed by atoms with Gasteiger partial charge in [-0.15, -0.1) is 0 Å². The maximum atomic E-state index is 11.4. The Morgan fingerprint density at radius 1 is 1.18 bits per heavy atom. The van der Waals surface area contributed by atoms with Gasteiger partial charge in [-0.05, 0) is 23.0 Å². The zero-order valence-corrected chi connectivity index (χ0v) is 10.3. The Morgan fingerprint density at radius 2 is 1.82 bits per heavy atom. The van der Waals surface area contributed by atoms with Gasteiger partial charge in [0.2, 0.25) is 0 Å². The van der Waals surface area contributed by atoms with Crippen LogP contribution < -0.4 is 0 Å². The minimum absolute atomic E-state index is 0.0201.